The second-order valence-corrected chi connectivity index (χ2v) is 5.38. The molecule has 1 aromatic carbocycles. The molecule has 1 amide bonds. The fourth-order valence-electron chi connectivity index (χ4n) is 2.85. The zero-order valence-electron chi connectivity index (χ0n) is 11.6. The van der Waals surface area contributed by atoms with Gasteiger partial charge in [0.25, 0.3) is 0 Å². The lowest BCUT2D eigenvalue weighted by Gasteiger charge is -2.43. The fraction of sp³-hybridized carbons (Fsp3) is 0.533. The van der Waals surface area contributed by atoms with E-state index in [1.54, 1.807) is 0 Å². The van der Waals surface area contributed by atoms with E-state index in [2.05, 4.69) is 10.2 Å². The molecule has 1 N–H and O–H groups in total. The molecule has 108 valence electrons. The molecular weight excluding hydrogens is 254 g/mol. The number of nitrogens with one attached hydrogen (secondary N) is 1. The molecule has 2 aliphatic heterocycles. The second-order valence-electron chi connectivity index (χ2n) is 5.38. The highest BCUT2D eigenvalue weighted by atomic mass is 16.6. The number of rotatable bonds is 2. The number of benzene rings is 1. The van der Waals surface area contributed by atoms with Crippen LogP contribution in [0.25, 0.3) is 0 Å². The summed E-state index contributed by atoms with van der Waals surface area (Å²) in [6.07, 6.45) is -0.195. The fourth-order valence-corrected chi connectivity index (χ4v) is 2.85. The molecule has 5 heteroatoms. The van der Waals surface area contributed by atoms with E-state index in [4.69, 9.17) is 4.74 Å². The van der Waals surface area contributed by atoms with Crippen molar-refractivity contribution < 1.29 is 9.53 Å². The van der Waals surface area contributed by atoms with Crippen LogP contribution >= 0.6 is 0 Å². The van der Waals surface area contributed by atoms with Gasteiger partial charge in [0.05, 0.1) is 0 Å². The first kappa shape index (κ1) is 13.4. The molecular formula is C15H21N3O2. The van der Waals surface area contributed by atoms with Gasteiger partial charge in [0.1, 0.15) is 6.61 Å². The number of hydrogen-bond donors (Lipinski definition) is 1. The third kappa shape index (κ3) is 3.11. The third-order valence-corrected chi connectivity index (χ3v) is 4.02. The number of nitrogens with zero attached hydrogens (tertiary/aromatic N) is 2. The van der Waals surface area contributed by atoms with E-state index in [1.807, 2.05) is 35.2 Å². The third-order valence-electron chi connectivity index (χ3n) is 4.02. The first-order valence-electron chi connectivity index (χ1n) is 7.23. The molecule has 0 aromatic heterocycles. The minimum atomic E-state index is -0.195. The number of amides is 1. The lowest BCUT2D eigenvalue weighted by molar-refractivity contribution is 0.0385. The van der Waals surface area contributed by atoms with E-state index in [0.29, 0.717) is 12.6 Å². The number of carbonyl (C=O) groups excluding carboxylic acids is 1. The summed E-state index contributed by atoms with van der Waals surface area (Å²) in [5.41, 5.74) is 1.03. The van der Waals surface area contributed by atoms with Crippen molar-refractivity contribution in [2.45, 2.75) is 12.6 Å². The molecule has 3 rings (SSSR count). The number of fused-ring (bicyclic) bond motifs is 1. The Bertz CT molecular complexity index is 452. The molecule has 2 heterocycles. The van der Waals surface area contributed by atoms with Crippen LogP contribution in [0.4, 0.5) is 4.79 Å². The van der Waals surface area contributed by atoms with E-state index in [1.165, 1.54) is 0 Å². The van der Waals surface area contributed by atoms with Crippen molar-refractivity contribution in [1.82, 2.24) is 15.1 Å². The summed E-state index contributed by atoms with van der Waals surface area (Å²) < 4.78 is 5.40. The monoisotopic (exact) mass is 275 g/mol. The summed E-state index contributed by atoms with van der Waals surface area (Å²) in [5.74, 6) is 0. The van der Waals surface area contributed by atoms with Gasteiger partial charge >= 0.3 is 6.09 Å². The average Bonchev–Trinajstić information content (AvgIpc) is 2.53. The minimum absolute atomic E-state index is 0.195. The van der Waals surface area contributed by atoms with Gasteiger partial charge in [-0.15, -0.1) is 0 Å². The summed E-state index contributed by atoms with van der Waals surface area (Å²) in [6.45, 7) is 5.93. The SMILES string of the molecule is O=C(OCc1ccccc1)N1CCN2CCNCC2C1. The molecule has 1 unspecified atom stereocenters. The van der Waals surface area contributed by atoms with Crippen LogP contribution in [0, 0.1) is 0 Å². The molecule has 1 aromatic rings. The Morgan fingerprint density at radius 3 is 2.95 bits per heavy atom. The highest BCUT2D eigenvalue weighted by molar-refractivity contribution is 5.67. The zero-order chi connectivity index (χ0) is 13.8. The van der Waals surface area contributed by atoms with Crippen LogP contribution in [0.2, 0.25) is 0 Å². The summed E-state index contributed by atoms with van der Waals surface area (Å²) >= 11 is 0. The summed E-state index contributed by atoms with van der Waals surface area (Å²) in [4.78, 5) is 16.4. The van der Waals surface area contributed by atoms with Gasteiger partial charge in [0, 0.05) is 45.3 Å². The van der Waals surface area contributed by atoms with Gasteiger partial charge in [0.15, 0.2) is 0 Å². The Morgan fingerprint density at radius 1 is 1.25 bits per heavy atom. The lowest BCUT2D eigenvalue weighted by atomic mass is 10.1. The van der Waals surface area contributed by atoms with Gasteiger partial charge in [-0.3, -0.25) is 4.90 Å². The molecule has 0 bridgehead atoms. The van der Waals surface area contributed by atoms with Crippen molar-refractivity contribution in [1.29, 1.82) is 0 Å². The van der Waals surface area contributed by atoms with Gasteiger partial charge in [-0.25, -0.2) is 4.79 Å². The van der Waals surface area contributed by atoms with Crippen molar-refractivity contribution in [3.8, 4) is 0 Å². The van der Waals surface area contributed by atoms with E-state index < -0.39 is 0 Å². The predicted molar refractivity (Wildman–Crippen MR) is 76.4 cm³/mol. The molecule has 5 nitrogen and oxygen atoms in total. The largest absolute Gasteiger partial charge is 0.445 e. The Kier molecular flexibility index (Phi) is 4.18. The summed E-state index contributed by atoms with van der Waals surface area (Å²) in [7, 11) is 0. The normalized spacial score (nSPS) is 23.2. The second kappa shape index (κ2) is 6.24. The maximum absolute atomic E-state index is 12.1. The Morgan fingerprint density at radius 2 is 2.10 bits per heavy atom. The van der Waals surface area contributed by atoms with Crippen molar-refractivity contribution in [3.63, 3.8) is 0 Å². The molecule has 0 saturated carbocycles. The number of hydrogen-bond acceptors (Lipinski definition) is 4. The van der Waals surface area contributed by atoms with Crippen LogP contribution in [0.3, 0.4) is 0 Å². The van der Waals surface area contributed by atoms with E-state index in [-0.39, 0.29) is 6.09 Å². The first-order chi connectivity index (χ1) is 9.83. The highest BCUT2D eigenvalue weighted by Gasteiger charge is 2.31. The molecule has 20 heavy (non-hydrogen) atoms. The van der Waals surface area contributed by atoms with Crippen LogP contribution in [-0.4, -0.2) is 61.2 Å². The van der Waals surface area contributed by atoms with Crippen LogP contribution in [0.5, 0.6) is 0 Å². The molecule has 0 radical (unpaired) electrons. The Balaban J connectivity index is 1.50. The maximum atomic E-state index is 12.1. The van der Waals surface area contributed by atoms with E-state index in [0.717, 1.165) is 44.8 Å². The number of piperazine rings is 2. The van der Waals surface area contributed by atoms with Gasteiger partial charge < -0.3 is 15.0 Å². The van der Waals surface area contributed by atoms with Crippen LogP contribution < -0.4 is 5.32 Å². The van der Waals surface area contributed by atoms with Gasteiger partial charge in [-0.2, -0.15) is 0 Å². The van der Waals surface area contributed by atoms with Gasteiger partial charge in [-0.05, 0) is 5.56 Å². The van der Waals surface area contributed by atoms with Crippen LogP contribution in [0.1, 0.15) is 5.56 Å². The van der Waals surface area contributed by atoms with Crippen molar-refractivity contribution >= 4 is 6.09 Å². The zero-order valence-corrected chi connectivity index (χ0v) is 11.6. The van der Waals surface area contributed by atoms with E-state index >= 15 is 0 Å². The Labute approximate surface area is 119 Å². The topological polar surface area (TPSA) is 44.8 Å². The molecule has 2 saturated heterocycles. The summed E-state index contributed by atoms with van der Waals surface area (Å²) in [5, 5.41) is 3.38. The predicted octanol–water partition coefficient (Wildman–Crippen LogP) is 0.913. The number of carbonyl (C=O) groups is 1. The molecule has 0 spiro atoms. The van der Waals surface area contributed by atoms with Crippen molar-refractivity contribution in [3.05, 3.63) is 35.9 Å². The Hall–Kier alpha value is -1.59. The quantitative estimate of drug-likeness (QED) is 0.871. The maximum Gasteiger partial charge on any atom is 0.410 e. The van der Waals surface area contributed by atoms with E-state index in [9.17, 15) is 4.79 Å². The van der Waals surface area contributed by atoms with Gasteiger partial charge in [0.2, 0.25) is 0 Å². The number of ether oxygens (including phenoxy) is 1. The highest BCUT2D eigenvalue weighted by Crippen LogP contribution is 2.13. The van der Waals surface area contributed by atoms with Crippen LogP contribution in [0.15, 0.2) is 30.3 Å². The molecule has 0 aliphatic carbocycles. The lowest BCUT2D eigenvalue weighted by Crippen LogP contribution is -2.61. The van der Waals surface area contributed by atoms with Crippen LogP contribution in [-0.2, 0) is 11.3 Å². The van der Waals surface area contributed by atoms with Gasteiger partial charge in [-0.1, -0.05) is 30.3 Å². The molecule has 2 fully saturated rings. The first-order valence-corrected chi connectivity index (χ1v) is 7.23. The standard InChI is InChI=1S/C15H21N3O2/c19-15(20-12-13-4-2-1-3-5-13)18-9-8-17-7-6-16-10-14(17)11-18/h1-5,14,16H,6-12H2. The smallest absolute Gasteiger partial charge is 0.410 e. The minimum Gasteiger partial charge on any atom is -0.445 e. The molecule has 2 aliphatic rings. The summed E-state index contributed by atoms with van der Waals surface area (Å²) in [6, 6.07) is 10.2. The van der Waals surface area contributed by atoms with Crippen molar-refractivity contribution in [2.75, 3.05) is 39.3 Å². The van der Waals surface area contributed by atoms with Crippen molar-refractivity contribution in [2.24, 2.45) is 0 Å². The molecule has 1 atom stereocenters. The average molecular weight is 275 g/mol.